The Morgan fingerprint density at radius 1 is 1.12 bits per heavy atom. The van der Waals surface area contributed by atoms with Gasteiger partial charge in [-0.25, -0.2) is 5.43 Å². The van der Waals surface area contributed by atoms with Crippen LogP contribution >= 0.6 is 43.2 Å². The largest absolute Gasteiger partial charge is 0.493 e. The van der Waals surface area contributed by atoms with Crippen molar-refractivity contribution in [2.24, 2.45) is 5.10 Å². The number of hydrogen-bond donors (Lipinski definition) is 1. The van der Waals surface area contributed by atoms with E-state index in [1.54, 1.807) is 18.3 Å². The number of nitrogens with one attached hydrogen (secondary N) is 1. The predicted octanol–water partition coefficient (Wildman–Crippen LogP) is 4.06. The Morgan fingerprint density at radius 2 is 1.75 bits per heavy atom. The molecule has 0 saturated carbocycles. The van der Waals surface area contributed by atoms with Crippen LogP contribution in [-0.2, 0) is 0 Å². The Hall–Kier alpha value is -1.58. The van der Waals surface area contributed by atoms with Gasteiger partial charge in [-0.15, -0.1) is 11.3 Å². The Labute approximate surface area is 160 Å². The molecular formula is C15H14Br2N2O4S. The summed E-state index contributed by atoms with van der Waals surface area (Å²) in [6, 6.07) is 5.01. The second kappa shape index (κ2) is 8.50. The van der Waals surface area contributed by atoms with Crippen LogP contribution < -0.4 is 19.6 Å². The van der Waals surface area contributed by atoms with E-state index >= 15 is 0 Å². The minimum absolute atomic E-state index is 0.343. The van der Waals surface area contributed by atoms with Crippen LogP contribution in [0, 0.1) is 0 Å². The molecule has 0 unspecified atom stereocenters. The van der Waals surface area contributed by atoms with Crippen molar-refractivity contribution in [2.75, 3.05) is 21.3 Å². The molecule has 0 saturated heterocycles. The van der Waals surface area contributed by atoms with E-state index in [-0.39, 0.29) is 5.91 Å². The van der Waals surface area contributed by atoms with Gasteiger partial charge >= 0.3 is 0 Å². The van der Waals surface area contributed by atoms with E-state index < -0.39 is 0 Å². The lowest BCUT2D eigenvalue weighted by Crippen LogP contribution is -2.17. The summed E-state index contributed by atoms with van der Waals surface area (Å²) in [4.78, 5) is 13.1. The monoisotopic (exact) mass is 476 g/mol. The summed E-state index contributed by atoms with van der Waals surface area (Å²) in [5.41, 5.74) is 2.81. The number of carbonyl (C=O) groups excluding carboxylic acids is 1. The average Bonchev–Trinajstić information content (AvgIpc) is 2.91. The lowest BCUT2D eigenvalue weighted by atomic mass is 10.1. The molecule has 9 heteroatoms. The Morgan fingerprint density at radius 3 is 2.21 bits per heavy atom. The molecule has 128 valence electrons. The molecule has 6 nitrogen and oxygen atoms in total. The van der Waals surface area contributed by atoms with E-state index in [0.29, 0.717) is 22.8 Å². The summed E-state index contributed by atoms with van der Waals surface area (Å²) in [5.74, 6) is 0.836. The van der Waals surface area contributed by atoms with Crippen LogP contribution in [-0.4, -0.2) is 33.5 Å². The fraction of sp³-hybridized carbons (Fsp3) is 0.200. The summed E-state index contributed by atoms with van der Waals surface area (Å²) < 4.78 is 17.6. The highest BCUT2D eigenvalue weighted by Gasteiger charge is 2.16. The number of thiophene rings is 1. The van der Waals surface area contributed by atoms with E-state index in [9.17, 15) is 4.79 Å². The maximum atomic E-state index is 12.3. The molecular weight excluding hydrogens is 464 g/mol. The molecule has 2 rings (SSSR count). The first-order chi connectivity index (χ1) is 11.5. The van der Waals surface area contributed by atoms with E-state index in [4.69, 9.17) is 14.2 Å². The molecule has 1 aromatic carbocycles. The fourth-order valence-corrected chi connectivity index (χ4v) is 3.82. The summed E-state index contributed by atoms with van der Waals surface area (Å²) >= 11 is 8.29. The van der Waals surface area contributed by atoms with Crippen LogP contribution in [0.15, 0.2) is 31.6 Å². The summed E-state index contributed by atoms with van der Waals surface area (Å²) in [7, 11) is 4.48. The highest BCUT2D eigenvalue weighted by atomic mass is 79.9. The van der Waals surface area contributed by atoms with E-state index in [1.807, 2.05) is 6.07 Å². The van der Waals surface area contributed by atoms with Crippen molar-refractivity contribution >= 4 is 55.3 Å². The molecule has 0 aliphatic carbocycles. The Balaban J connectivity index is 2.17. The lowest BCUT2D eigenvalue weighted by Gasteiger charge is -2.13. The van der Waals surface area contributed by atoms with Crippen LogP contribution in [0.2, 0.25) is 0 Å². The number of methoxy groups -OCH3 is 3. The van der Waals surface area contributed by atoms with Crippen LogP contribution in [0.25, 0.3) is 0 Å². The zero-order valence-electron chi connectivity index (χ0n) is 13.1. The van der Waals surface area contributed by atoms with Gasteiger partial charge in [0.15, 0.2) is 11.5 Å². The molecule has 1 N–H and O–H groups in total. The number of carbonyl (C=O) groups is 1. The summed E-state index contributed by atoms with van der Waals surface area (Å²) in [5, 5.41) is 3.96. The van der Waals surface area contributed by atoms with Gasteiger partial charge in [-0.3, -0.25) is 4.79 Å². The summed E-state index contributed by atoms with van der Waals surface area (Å²) in [6.07, 6.45) is 1.57. The van der Waals surface area contributed by atoms with Gasteiger partial charge in [0.25, 0.3) is 5.91 Å². The Bertz CT molecular complexity index is 732. The number of benzene rings is 1. The minimum atomic E-state index is -0.389. The normalized spacial score (nSPS) is 10.7. The highest BCUT2D eigenvalue weighted by Crippen LogP contribution is 2.38. The van der Waals surface area contributed by atoms with Gasteiger partial charge in [0.1, 0.15) is 0 Å². The molecule has 1 heterocycles. The third kappa shape index (κ3) is 4.28. The average molecular weight is 478 g/mol. The predicted molar refractivity (Wildman–Crippen MR) is 101 cm³/mol. The van der Waals surface area contributed by atoms with Crippen molar-refractivity contribution in [3.05, 3.63) is 36.9 Å². The third-order valence-corrected chi connectivity index (χ3v) is 6.14. The molecule has 0 spiro atoms. The summed E-state index contributed by atoms with van der Waals surface area (Å²) in [6.45, 7) is 0. The molecule has 1 aromatic heterocycles. The van der Waals surface area contributed by atoms with Crippen molar-refractivity contribution in [1.82, 2.24) is 5.43 Å². The van der Waals surface area contributed by atoms with Crippen molar-refractivity contribution in [3.8, 4) is 17.2 Å². The zero-order valence-corrected chi connectivity index (χ0v) is 17.0. The van der Waals surface area contributed by atoms with Gasteiger partial charge in [-0.1, -0.05) is 0 Å². The Kier molecular flexibility index (Phi) is 6.64. The molecule has 1 amide bonds. The number of amides is 1. The minimum Gasteiger partial charge on any atom is -0.493 e. The van der Waals surface area contributed by atoms with E-state index in [2.05, 4.69) is 42.4 Å². The van der Waals surface area contributed by atoms with Gasteiger partial charge in [0.2, 0.25) is 5.75 Å². The zero-order chi connectivity index (χ0) is 17.7. The van der Waals surface area contributed by atoms with Crippen molar-refractivity contribution in [3.63, 3.8) is 0 Å². The van der Waals surface area contributed by atoms with Crippen LogP contribution in [0.1, 0.15) is 15.2 Å². The number of hydrogen-bond acceptors (Lipinski definition) is 6. The first kappa shape index (κ1) is 18.8. The van der Waals surface area contributed by atoms with Crippen LogP contribution in [0.3, 0.4) is 0 Å². The third-order valence-electron chi connectivity index (χ3n) is 2.95. The molecule has 0 bridgehead atoms. The van der Waals surface area contributed by atoms with Crippen molar-refractivity contribution in [2.45, 2.75) is 0 Å². The smallest absolute Gasteiger partial charge is 0.271 e. The number of halogens is 2. The van der Waals surface area contributed by atoms with Gasteiger partial charge in [0, 0.05) is 14.9 Å². The quantitative estimate of drug-likeness (QED) is 0.503. The molecule has 24 heavy (non-hydrogen) atoms. The van der Waals surface area contributed by atoms with E-state index in [1.165, 1.54) is 32.7 Å². The number of nitrogens with zero attached hydrogens (tertiary/aromatic N) is 1. The molecule has 0 fully saturated rings. The maximum absolute atomic E-state index is 12.3. The maximum Gasteiger partial charge on any atom is 0.271 e. The lowest BCUT2D eigenvalue weighted by molar-refractivity contribution is 0.0954. The van der Waals surface area contributed by atoms with Gasteiger partial charge < -0.3 is 14.2 Å². The first-order valence-corrected chi connectivity index (χ1v) is 8.98. The van der Waals surface area contributed by atoms with Gasteiger partial charge in [0.05, 0.1) is 31.3 Å². The van der Waals surface area contributed by atoms with Gasteiger partial charge in [-0.2, -0.15) is 5.10 Å². The molecule has 2 aromatic rings. The molecule has 0 aliphatic rings. The molecule has 0 radical (unpaired) electrons. The topological polar surface area (TPSA) is 69.2 Å². The highest BCUT2D eigenvalue weighted by molar-refractivity contribution is 9.13. The number of hydrazone groups is 1. The number of rotatable bonds is 6. The van der Waals surface area contributed by atoms with Crippen LogP contribution in [0.5, 0.6) is 17.2 Å². The second-order valence-corrected chi connectivity index (χ2v) is 7.64. The van der Waals surface area contributed by atoms with Gasteiger partial charge in [-0.05, 0) is 50.1 Å². The van der Waals surface area contributed by atoms with Crippen LogP contribution in [0.4, 0.5) is 0 Å². The SMILES string of the molecule is COc1cc(C(=O)N/N=C\c2cc(Br)c(Br)s2)cc(OC)c1OC. The van der Waals surface area contributed by atoms with Crippen molar-refractivity contribution < 1.29 is 19.0 Å². The number of ether oxygens (including phenoxy) is 3. The second-order valence-electron chi connectivity index (χ2n) is 4.38. The van der Waals surface area contributed by atoms with Crippen molar-refractivity contribution in [1.29, 1.82) is 0 Å². The molecule has 0 atom stereocenters. The molecule has 0 aliphatic heterocycles. The van der Waals surface area contributed by atoms with E-state index in [0.717, 1.165) is 13.1 Å². The fourth-order valence-electron chi connectivity index (χ4n) is 1.86. The standard InChI is InChI=1S/C15H14Br2N2O4S/c1-21-11-4-8(5-12(22-2)13(11)23-3)15(20)19-18-7-9-6-10(16)14(17)24-9/h4-7H,1-3H3,(H,19,20)/b18-7-. The first-order valence-electron chi connectivity index (χ1n) is 6.58.